The highest BCUT2D eigenvalue weighted by Gasteiger charge is 2.28. The molecule has 134 valence electrons. The van der Waals surface area contributed by atoms with Crippen LogP contribution in [-0.4, -0.2) is 30.4 Å². The quantitative estimate of drug-likeness (QED) is 0.673. The van der Waals surface area contributed by atoms with Crippen molar-refractivity contribution in [1.82, 2.24) is 10.2 Å². The number of hydrogen-bond acceptors (Lipinski definition) is 5. The summed E-state index contributed by atoms with van der Waals surface area (Å²) in [5.74, 6) is 1.18. The van der Waals surface area contributed by atoms with Crippen molar-refractivity contribution in [2.75, 3.05) is 25.1 Å². The molecule has 0 N–H and O–H groups in total. The molecule has 26 heavy (non-hydrogen) atoms. The number of halogens is 1. The van der Waals surface area contributed by atoms with E-state index in [4.69, 9.17) is 4.74 Å². The van der Waals surface area contributed by atoms with E-state index in [0.717, 1.165) is 41.0 Å². The minimum atomic E-state index is -0.217. The molecule has 0 radical (unpaired) electrons. The van der Waals surface area contributed by atoms with Crippen molar-refractivity contribution in [2.45, 2.75) is 18.8 Å². The Balaban J connectivity index is 1.44. The molecule has 3 aromatic rings. The van der Waals surface area contributed by atoms with Gasteiger partial charge in [0, 0.05) is 25.4 Å². The van der Waals surface area contributed by atoms with Gasteiger partial charge in [-0.3, -0.25) is 0 Å². The predicted octanol–water partition coefficient (Wildman–Crippen LogP) is 4.27. The topological polar surface area (TPSA) is 38.2 Å². The van der Waals surface area contributed by atoms with Crippen LogP contribution in [0.1, 0.15) is 28.5 Å². The predicted molar refractivity (Wildman–Crippen MR) is 102 cm³/mol. The molecule has 0 aliphatic carbocycles. The maximum absolute atomic E-state index is 13.0. The van der Waals surface area contributed by atoms with E-state index in [1.54, 1.807) is 30.6 Å². The smallest absolute Gasteiger partial charge is 0.208 e. The standard InChI is InChI=1S/C20H20FN3OS/c1-25-18-5-3-2-4-17(18)15-10-11-24(13-15)20-23-22-19(26-20)12-14-6-8-16(21)9-7-14/h2-9,15H,10-13H2,1H3. The van der Waals surface area contributed by atoms with Crippen LogP contribution in [0.5, 0.6) is 5.75 Å². The number of rotatable bonds is 5. The van der Waals surface area contributed by atoms with E-state index in [9.17, 15) is 4.39 Å². The molecule has 2 aromatic carbocycles. The Hall–Kier alpha value is -2.47. The molecule has 4 nitrogen and oxygen atoms in total. The maximum Gasteiger partial charge on any atom is 0.208 e. The van der Waals surface area contributed by atoms with E-state index in [0.29, 0.717) is 12.3 Å². The molecule has 6 heteroatoms. The van der Waals surface area contributed by atoms with Crippen LogP contribution >= 0.6 is 11.3 Å². The van der Waals surface area contributed by atoms with Crippen LogP contribution in [0, 0.1) is 5.82 Å². The van der Waals surface area contributed by atoms with Crippen molar-refractivity contribution in [2.24, 2.45) is 0 Å². The zero-order chi connectivity index (χ0) is 17.9. The number of aromatic nitrogens is 2. The molecule has 4 rings (SSSR count). The van der Waals surface area contributed by atoms with E-state index in [2.05, 4.69) is 27.2 Å². The Morgan fingerprint density at radius 2 is 1.96 bits per heavy atom. The summed E-state index contributed by atoms with van der Waals surface area (Å²) < 4.78 is 18.5. The van der Waals surface area contributed by atoms with Crippen molar-refractivity contribution in [3.63, 3.8) is 0 Å². The number of hydrogen-bond donors (Lipinski definition) is 0. The molecule has 0 spiro atoms. The Morgan fingerprint density at radius 3 is 2.77 bits per heavy atom. The van der Waals surface area contributed by atoms with Gasteiger partial charge in [0.1, 0.15) is 16.6 Å². The lowest BCUT2D eigenvalue weighted by molar-refractivity contribution is 0.406. The fraction of sp³-hybridized carbons (Fsp3) is 0.300. The molecule has 1 aromatic heterocycles. The molecule has 1 aliphatic rings. The highest BCUT2D eigenvalue weighted by Crippen LogP contribution is 2.36. The number of benzene rings is 2. The number of anilines is 1. The van der Waals surface area contributed by atoms with Gasteiger partial charge in [-0.15, -0.1) is 10.2 Å². The third-order valence-corrected chi connectivity index (χ3v) is 5.75. The van der Waals surface area contributed by atoms with Crippen LogP contribution in [-0.2, 0) is 6.42 Å². The Bertz CT molecular complexity index is 881. The van der Waals surface area contributed by atoms with Crippen LogP contribution in [0.3, 0.4) is 0 Å². The van der Waals surface area contributed by atoms with Gasteiger partial charge in [0.25, 0.3) is 0 Å². The third kappa shape index (κ3) is 3.55. The van der Waals surface area contributed by atoms with E-state index in [1.165, 1.54) is 17.7 Å². The molecule has 0 amide bonds. The minimum absolute atomic E-state index is 0.217. The van der Waals surface area contributed by atoms with Crippen molar-refractivity contribution >= 4 is 16.5 Å². The summed E-state index contributed by atoms with van der Waals surface area (Å²) in [6.45, 7) is 1.89. The molecule has 1 saturated heterocycles. The van der Waals surface area contributed by atoms with E-state index in [-0.39, 0.29) is 5.82 Å². The first-order valence-electron chi connectivity index (χ1n) is 8.67. The van der Waals surface area contributed by atoms with Crippen molar-refractivity contribution in [1.29, 1.82) is 0 Å². The lowest BCUT2D eigenvalue weighted by Crippen LogP contribution is -2.19. The highest BCUT2D eigenvalue weighted by atomic mass is 32.1. The van der Waals surface area contributed by atoms with Crippen molar-refractivity contribution in [3.8, 4) is 5.75 Å². The summed E-state index contributed by atoms with van der Waals surface area (Å²) >= 11 is 1.62. The van der Waals surface area contributed by atoms with Crippen LogP contribution in [0.4, 0.5) is 9.52 Å². The van der Waals surface area contributed by atoms with Gasteiger partial charge in [-0.2, -0.15) is 0 Å². The number of para-hydroxylation sites is 1. The first-order chi connectivity index (χ1) is 12.7. The second kappa shape index (κ2) is 7.41. The molecular weight excluding hydrogens is 349 g/mol. The Morgan fingerprint density at radius 1 is 1.15 bits per heavy atom. The van der Waals surface area contributed by atoms with E-state index >= 15 is 0 Å². The molecule has 1 unspecified atom stereocenters. The molecule has 0 saturated carbocycles. The van der Waals surface area contributed by atoms with Crippen LogP contribution in [0.2, 0.25) is 0 Å². The Labute approximate surface area is 156 Å². The normalized spacial score (nSPS) is 16.8. The average molecular weight is 369 g/mol. The van der Waals surface area contributed by atoms with Gasteiger partial charge in [0.05, 0.1) is 7.11 Å². The summed E-state index contributed by atoms with van der Waals surface area (Å²) in [6, 6.07) is 14.8. The first-order valence-corrected chi connectivity index (χ1v) is 9.49. The monoisotopic (exact) mass is 369 g/mol. The van der Waals surface area contributed by atoms with E-state index in [1.807, 2.05) is 12.1 Å². The van der Waals surface area contributed by atoms with Gasteiger partial charge in [-0.1, -0.05) is 41.7 Å². The van der Waals surface area contributed by atoms with Gasteiger partial charge < -0.3 is 9.64 Å². The van der Waals surface area contributed by atoms with Crippen LogP contribution in [0.25, 0.3) is 0 Å². The summed E-state index contributed by atoms with van der Waals surface area (Å²) in [6.07, 6.45) is 1.76. The lowest BCUT2D eigenvalue weighted by Gasteiger charge is -2.16. The zero-order valence-corrected chi connectivity index (χ0v) is 15.4. The number of nitrogens with zero attached hydrogens (tertiary/aromatic N) is 3. The highest BCUT2D eigenvalue weighted by molar-refractivity contribution is 7.15. The van der Waals surface area contributed by atoms with Gasteiger partial charge in [0.2, 0.25) is 5.13 Å². The average Bonchev–Trinajstić information content (AvgIpc) is 3.33. The Kier molecular flexibility index (Phi) is 4.84. The van der Waals surface area contributed by atoms with Crippen molar-refractivity contribution < 1.29 is 9.13 Å². The fourth-order valence-electron chi connectivity index (χ4n) is 3.41. The summed E-state index contributed by atoms with van der Waals surface area (Å²) in [5.41, 5.74) is 2.30. The summed E-state index contributed by atoms with van der Waals surface area (Å²) in [7, 11) is 1.72. The maximum atomic E-state index is 13.0. The van der Waals surface area contributed by atoms with Crippen molar-refractivity contribution in [3.05, 3.63) is 70.5 Å². The number of methoxy groups -OCH3 is 1. The van der Waals surface area contributed by atoms with Gasteiger partial charge in [0.15, 0.2) is 0 Å². The second-order valence-corrected chi connectivity index (χ2v) is 7.50. The first kappa shape index (κ1) is 17.0. The number of ether oxygens (including phenoxy) is 1. The van der Waals surface area contributed by atoms with Crippen LogP contribution < -0.4 is 9.64 Å². The zero-order valence-electron chi connectivity index (χ0n) is 14.6. The summed E-state index contributed by atoms with van der Waals surface area (Å²) in [5, 5.41) is 10.6. The van der Waals surface area contributed by atoms with Crippen LogP contribution in [0.15, 0.2) is 48.5 Å². The van der Waals surface area contributed by atoms with E-state index < -0.39 is 0 Å². The SMILES string of the molecule is COc1ccccc1C1CCN(c2nnc(Cc3ccc(F)cc3)s2)C1. The van der Waals surface area contributed by atoms with Gasteiger partial charge in [-0.25, -0.2) is 4.39 Å². The molecule has 0 bridgehead atoms. The van der Waals surface area contributed by atoms with Gasteiger partial charge >= 0.3 is 0 Å². The van der Waals surface area contributed by atoms with Gasteiger partial charge in [-0.05, 0) is 35.7 Å². The second-order valence-electron chi connectivity index (χ2n) is 6.46. The third-order valence-electron chi connectivity index (χ3n) is 4.76. The minimum Gasteiger partial charge on any atom is -0.496 e. The fourth-order valence-corrected chi connectivity index (χ4v) is 4.32. The molecule has 1 fully saturated rings. The molecule has 1 atom stereocenters. The molecule has 2 heterocycles. The lowest BCUT2D eigenvalue weighted by atomic mass is 9.97. The summed E-state index contributed by atoms with van der Waals surface area (Å²) in [4.78, 5) is 2.29. The molecular formula is C20H20FN3OS. The molecule has 1 aliphatic heterocycles. The largest absolute Gasteiger partial charge is 0.496 e.